The molecule has 15 heavy (non-hydrogen) atoms. The molecule has 1 aromatic rings. The van der Waals surface area contributed by atoms with Gasteiger partial charge in [-0.25, -0.2) is 4.79 Å². The summed E-state index contributed by atoms with van der Waals surface area (Å²) in [4.78, 5) is 10.4. The van der Waals surface area contributed by atoms with Crippen LogP contribution < -0.4 is 10.5 Å². The Balaban J connectivity index is 2.91. The molecular formula is C9H7F3NO2. The standard InChI is InChI=1S/C9H7F3NO2/c10-9(11,12)5-6-3-1-2-4-7(6)15-8(13)14/h1-5H,(H2,13,14). The van der Waals surface area contributed by atoms with E-state index in [1.165, 1.54) is 24.3 Å². The van der Waals surface area contributed by atoms with Crippen molar-refractivity contribution < 1.29 is 22.7 Å². The normalized spacial score (nSPS) is 11.1. The number of primary amides is 1. The maximum absolute atomic E-state index is 12.0. The molecule has 2 N–H and O–H groups in total. The fourth-order valence-electron chi connectivity index (χ4n) is 0.977. The zero-order valence-corrected chi connectivity index (χ0v) is 7.41. The van der Waals surface area contributed by atoms with E-state index in [4.69, 9.17) is 5.73 Å². The molecule has 0 aliphatic carbocycles. The monoisotopic (exact) mass is 218 g/mol. The predicted molar refractivity (Wildman–Crippen MR) is 46.1 cm³/mol. The topological polar surface area (TPSA) is 52.3 Å². The average Bonchev–Trinajstić information content (AvgIpc) is 2.05. The highest BCUT2D eigenvalue weighted by molar-refractivity contribution is 5.68. The first-order valence-electron chi connectivity index (χ1n) is 3.87. The van der Waals surface area contributed by atoms with E-state index in [2.05, 4.69) is 4.74 Å². The molecule has 6 heteroatoms. The van der Waals surface area contributed by atoms with Crippen LogP contribution in [0.25, 0.3) is 0 Å². The van der Waals surface area contributed by atoms with E-state index in [1.807, 2.05) is 0 Å². The summed E-state index contributed by atoms with van der Waals surface area (Å²) in [5, 5.41) is 0. The molecular weight excluding hydrogens is 211 g/mol. The average molecular weight is 218 g/mol. The Morgan fingerprint density at radius 1 is 1.33 bits per heavy atom. The minimum absolute atomic E-state index is 0.0330. The molecule has 81 valence electrons. The number of halogens is 3. The number of carbonyl (C=O) groups is 1. The van der Waals surface area contributed by atoms with Gasteiger partial charge in [0.25, 0.3) is 0 Å². The number of carbonyl (C=O) groups excluding carboxylic acids is 1. The highest BCUT2D eigenvalue weighted by Crippen LogP contribution is 2.29. The van der Waals surface area contributed by atoms with Crippen LogP contribution in [-0.4, -0.2) is 12.3 Å². The van der Waals surface area contributed by atoms with Gasteiger partial charge in [0.1, 0.15) is 5.75 Å². The van der Waals surface area contributed by atoms with Crippen LogP contribution in [-0.2, 0) is 0 Å². The van der Waals surface area contributed by atoms with Crippen LogP contribution >= 0.6 is 0 Å². The van der Waals surface area contributed by atoms with Crippen LogP contribution in [0, 0.1) is 6.42 Å². The summed E-state index contributed by atoms with van der Waals surface area (Å²) < 4.78 is 40.5. The lowest BCUT2D eigenvalue weighted by Crippen LogP contribution is -2.18. The van der Waals surface area contributed by atoms with Gasteiger partial charge in [0.05, 0.1) is 6.42 Å². The van der Waals surface area contributed by atoms with E-state index in [-0.39, 0.29) is 17.7 Å². The summed E-state index contributed by atoms with van der Waals surface area (Å²) in [7, 11) is 0. The first-order valence-corrected chi connectivity index (χ1v) is 3.87. The van der Waals surface area contributed by atoms with Gasteiger partial charge in [-0.05, 0) is 6.07 Å². The lowest BCUT2D eigenvalue weighted by atomic mass is 10.1. The minimum atomic E-state index is -4.48. The molecule has 1 amide bonds. The largest absolute Gasteiger partial charge is 0.410 e. The number of para-hydroxylation sites is 1. The third-order valence-electron chi connectivity index (χ3n) is 1.45. The number of amides is 1. The number of hydrogen-bond acceptors (Lipinski definition) is 2. The van der Waals surface area contributed by atoms with Crippen molar-refractivity contribution in [3.05, 3.63) is 36.2 Å². The van der Waals surface area contributed by atoms with Gasteiger partial charge >= 0.3 is 12.3 Å². The molecule has 0 atom stereocenters. The zero-order valence-electron chi connectivity index (χ0n) is 7.41. The molecule has 0 spiro atoms. The van der Waals surface area contributed by atoms with Crippen LogP contribution in [0.5, 0.6) is 5.75 Å². The van der Waals surface area contributed by atoms with Crippen molar-refractivity contribution >= 4 is 6.09 Å². The molecule has 0 saturated carbocycles. The van der Waals surface area contributed by atoms with Crippen molar-refractivity contribution in [2.75, 3.05) is 0 Å². The number of rotatable bonds is 2. The molecule has 0 fully saturated rings. The van der Waals surface area contributed by atoms with Crippen molar-refractivity contribution in [1.29, 1.82) is 0 Å². The predicted octanol–water partition coefficient (Wildman–Crippen LogP) is 2.26. The van der Waals surface area contributed by atoms with Crippen LogP contribution in [0.15, 0.2) is 24.3 Å². The first-order chi connectivity index (χ1) is 6.88. The van der Waals surface area contributed by atoms with Crippen LogP contribution in [0.4, 0.5) is 18.0 Å². The molecule has 0 heterocycles. The van der Waals surface area contributed by atoms with E-state index in [1.54, 1.807) is 0 Å². The Hall–Kier alpha value is -1.72. The van der Waals surface area contributed by atoms with Gasteiger partial charge in [0, 0.05) is 5.56 Å². The summed E-state index contributed by atoms with van der Waals surface area (Å²) in [6.07, 6.45) is -5.60. The molecule has 0 aliphatic rings. The van der Waals surface area contributed by atoms with Crippen LogP contribution in [0.1, 0.15) is 5.56 Å². The number of alkyl halides is 3. The highest BCUT2D eigenvalue weighted by Gasteiger charge is 2.30. The second-order valence-electron chi connectivity index (χ2n) is 2.64. The van der Waals surface area contributed by atoms with Crippen LogP contribution in [0.2, 0.25) is 0 Å². The van der Waals surface area contributed by atoms with Gasteiger partial charge in [-0.15, -0.1) is 0 Å². The van der Waals surface area contributed by atoms with Crippen LogP contribution in [0.3, 0.4) is 0 Å². The van der Waals surface area contributed by atoms with E-state index < -0.39 is 12.3 Å². The van der Waals surface area contributed by atoms with E-state index >= 15 is 0 Å². The summed E-state index contributed by atoms with van der Waals surface area (Å²) in [6, 6.07) is 5.23. The Bertz CT molecular complexity index is 363. The second kappa shape index (κ2) is 4.20. The van der Waals surface area contributed by atoms with Crippen molar-refractivity contribution in [3.63, 3.8) is 0 Å². The molecule has 0 bridgehead atoms. The quantitative estimate of drug-likeness (QED) is 0.827. The number of hydrogen-bond donors (Lipinski definition) is 1. The molecule has 1 radical (unpaired) electrons. The Labute approximate surface area is 83.6 Å². The van der Waals surface area contributed by atoms with Crippen molar-refractivity contribution in [2.24, 2.45) is 5.73 Å². The Morgan fingerprint density at radius 2 is 1.93 bits per heavy atom. The van der Waals surface area contributed by atoms with Crippen molar-refractivity contribution in [3.8, 4) is 5.75 Å². The zero-order chi connectivity index (χ0) is 11.5. The summed E-state index contributed by atoms with van der Waals surface area (Å²) in [6.45, 7) is 0. The van der Waals surface area contributed by atoms with E-state index in [0.29, 0.717) is 0 Å². The molecule has 0 aromatic heterocycles. The Morgan fingerprint density at radius 3 is 2.47 bits per heavy atom. The van der Waals surface area contributed by atoms with Gasteiger partial charge in [0.15, 0.2) is 0 Å². The molecule has 0 aliphatic heterocycles. The van der Waals surface area contributed by atoms with Gasteiger partial charge in [0.2, 0.25) is 0 Å². The summed E-state index contributed by atoms with van der Waals surface area (Å²) >= 11 is 0. The first kappa shape index (κ1) is 11.4. The van der Waals surface area contributed by atoms with E-state index in [0.717, 1.165) is 0 Å². The number of benzene rings is 1. The van der Waals surface area contributed by atoms with Gasteiger partial charge in [-0.1, -0.05) is 18.2 Å². The molecule has 0 unspecified atom stereocenters. The lowest BCUT2D eigenvalue weighted by Gasteiger charge is -2.09. The minimum Gasteiger partial charge on any atom is -0.410 e. The molecule has 0 saturated heterocycles. The smallest absolute Gasteiger partial charge is 0.409 e. The van der Waals surface area contributed by atoms with Gasteiger partial charge < -0.3 is 10.5 Å². The third kappa shape index (κ3) is 3.88. The molecule has 3 nitrogen and oxygen atoms in total. The van der Waals surface area contributed by atoms with E-state index in [9.17, 15) is 18.0 Å². The molecule has 1 aromatic carbocycles. The van der Waals surface area contributed by atoms with Crippen molar-refractivity contribution in [1.82, 2.24) is 0 Å². The maximum Gasteiger partial charge on any atom is 0.409 e. The fourth-order valence-corrected chi connectivity index (χ4v) is 0.977. The lowest BCUT2D eigenvalue weighted by molar-refractivity contribution is -0.0929. The SMILES string of the molecule is NC(=O)Oc1ccccc1[CH]C(F)(F)F. The fraction of sp³-hybridized carbons (Fsp3) is 0.111. The Kier molecular flexibility index (Phi) is 3.18. The number of nitrogens with two attached hydrogens (primary N) is 1. The highest BCUT2D eigenvalue weighted by atomic mass is 19.4. The summed E-state index contributed by atoms with van der Waals surface area (Å²) in [5.41, 5.74) is 4.45. The third-order valence-corrected chi connectivity index (χ3v) is 1.45. The summed E-state index contributed by atoms with van der Waals surface area (Å²) in [5.74, 6) is -0.220. The van der Waals surface area contributed by atoms with Crippen molar-refractivity contribution in [2.45, 2.75) is 6.18 Å². The second-order valence-corrected chi connectivity index (χ2v) is 2.64. The number of ether oxygens (including phenoxy) is 1. The van der Waals surface area contributed by atoms with Gasteiger partial charge in [-0.3, -0.25) is 0 Å². The molecule has 1 rings (SSSR count). The maximum atomic E-state index is 12.0. The van der Waals surface area contributed by atoms with Gasteiger partial charge in [-0.2, -0.15) is 13.2 Å².